The number of carbonyl (C=O) groups excluding carboxylic acids is 2. The van der Waals surface area contributed by atoms with E-state index in [-0.39, 0.29) is 23.4 Å². The summed E-state index contributed by atoms with van der Waals surface area (Å²) in [5, 5.41) is 13.0. The monoisotopic (exact) mass is 540 g/mol. The van der Waals surface area contributed by atoms with Crippen LogP contribution in [0.5, 0.6) is 5.75 Å². The molecule has 9 nitrogen and oxygen atoms in total. The molecule has 3 aromatic carbocycles. The smallest absolute Gasteiger partial charge is 0.255 e. The van der Waals surface area contributed by atoms with Crippen LogP contribution in [0.4, 0.5) is 5.82 Å². The molecule has 0 saturated heterocycles. The molecule has 200 valence electrons. The number of phenols is 1. The first kappa shape index (κ1) is 25.4. The van der Waals surface area contributed by atoms with Crippen LogP contribution in [0.2, 0.25) is 0 Å². The lowest BCUT2D eigenvalue weighted by molar-refractivity contribution is 0.0948. The molecule has 3 aromatic heterocycles. The number of aromatic nitrogens is 4. The molecule has 1 amide bonds. The molecule has 0 bridgehead atoms. The number of nitrogens with zero attached hydrogens (tertiary/aromatic N) is 4. The van der Waals surface area contributed by atoms with Gasteiger partial charge in [0.15, 0.2) is 17.8 Å². The summed E-state index contributed by atoms with van der Waals surface area (Å²) < 4.78 is 1.94. The van der Waals surface area contributed by atoms with E-state index in [9.17, 15) is 14.7 Å². The number of amides is 1. The number of rotatable bonds is 7. The number of benzene rings is 3. The minimum absolute atomic E-state index is 0.0371. The van der Waals surface area contributed by atoms with Gasteiger partial charge in [-0.15, -0.1) is 0 Å². The van der Waals surface area contributed by atoms with Crippen molar-refractivity contribution in [2.75, 3.05) is 5.73 Å². The van der Waals surface area contributed by atoms with Gasteiger partial charge in [-0.3, -0.25) is 14.2 Å². The summed E-state index contributed by atoms with van der Waals surface area (Å²) in [5.41, 5.74) is 11.8. The topological polar surface area (TPSA) is 136 Å². The molecular weight excluding hydrogens is 516 g/mol. The Labute approximate surface area is 235 Å². The summed E-state index contributed by atoms with van der Waals surface area (Å²) in [6.07, 6.45) is 2.14. The highest BCUT2D eigenvalue weighted by Crippen LogP contribution is 2.31. The lowest BCUT2D eigenvalue weighted by Crippen LogP contribution is -2.23. The second-order valence-electron chi connectivity index (χ2n) is 9.32. The highest BCUT2D eigenvalue weighted by atomic mass is 16.3. The molecule has 0 spiro atoms. The van der Waals surface area contributed by atoms with Crippen molar-refractivity contribution in [3.63, 3.8) is 0 Å². The molecule has 0 aliphatic heterocycles. The Morgan fingerprint density at radius 3 is 2.46 bits per heavy atom. The maximum atomic E-state index is 12.7. The zero-order valence-corrected chi connectivity index (χ0v) is 21.7. The molecule has 0 atom stereocenters. The van der Waals surface area contributed by atoms with Crippen LogP contribution in [-0.2, 0) is 6.54 Å². The van der Waals surface area contributed by atoms with Crippen molar-refractivity contribution in [1.29, 1.82) is 0 Å². The predicted molar refractivity (Wildman–Crippen MR) is 157 cm³/mol. The maximum absolute atomic E-state index is 12.7. The number of para-hydroxylation sites is 1. The summed E-state index contributed by atoms with van der Waals surface area (Å²) in [6, 6.07) is 29.6. The minimum Gasteiger partial charge on any atom is -0.506 e. The average molecular weight is 541 g/mol. The Kier molecular flexibility index (Phi) is 6.67. The second kappa shape index (κ2) is 10.7. The first-order valence-electron chi connectivity index (χ1n) is 12.8. The van der Waals surface area contributed by atoms with Gasteiger partial charge in [0.2, 0.25) is 0 Å². The largest absolute Gasteiger partial charge is 0.506 e. The van der Waals surface area contributed by atoms with Crippen molar-refractivity contribution < 1.29 is 14.7 Å². The van der Waals surface area contributed by atoms with Crippen LogP contribution in [0.15, 0.2) is 103 Å². The van der Waals surface area contributed by atoms with Gasteiger partial charge in [0.1, 0.15) is 17.1 Å². The van der Waals surface area contributed by atoms with Gasteiger partial charge < -0.3 is 16.2 Å². The molecule has 41 heavy (non-hydrogen) atoms. The van der Waals surface area contributed by atoms with Gasteiger partial charge in [-0.1, -0.05) is 48.5 Å². The van der Waals surface area contributed by atoms with E-state index in [2.05, 4.69) is 10.3 Å². The lowest BCUT2D eigenvalue weighted by atomic mass is 10.1. The molecule has 0 saturated carbocycles. The van der Waals surface area contributed by atoms with Gasteiger partial charge in [0.05, 0.1) is 22.4 Å². The highest BCUT2D eigenvalue weighted by Gasteiger charge is 2.19. The summed E-state index contributed by atoms with van der Waals surface area (Å²) in [5.74, 6) is 0.137. The van der Waals surface area contributed by atoms with E-state index < -0.39 is 5.91 Å². The number of nitrogens with one attached hydrogen (secondary N) is 1. The second-order valence-corrected chi connectivity index (χ2v) is 9.32. The number of aromatic hydroxyl groups is 1. The third-order valence-electron chi connectivity index (χ3n) is 6.74. The SMILES string of the molecule is Nc1ncccc1-c1nc2ccc(-c3ccccc3)nc2n1-c1ccc(CNC(=O)c2cccc(C=O)c2O)cc1. The number of hydrogen-bond donors (Lipinski definition) is 3. The van der Waals surface area contributed by atoms with Gasteiger partial charge in [-0.05, 0) is 54.1 Å². The van der Waals surface area contributed by atoms with E-state index in [1.54, 1.807) is 12.3 Å². The Bertz CT molecular complexity index is 1900. The van der Waals surface area contributed by atoms with Crippen LogP contribution in [0, 0.1) is 0 Å². The van der Waals surface area contributed by atoms with E-state index in [0.717, 1.165) is 22.5 Å². The van der Waals surface area contributed by atoms with Gasteiger partial charge >= 0.3 is 0 Å². The fraction of sp³-hybridized carbons (Fsp3) is 0.0312. The normalized spacial score (nSPS) is 10.9. The number of anilines is 1. The zero-order valence-electron chi connectivity index (χ0n) is 21.7. The molecule has 9 heteroatoms. The molecule has 3 heterocycles. The molecule has 0 aliphatic carbocycles. The van der Waals surface area contributed by atoms with Crippen LogP contribution in [0.1, 0.15) is 26.3 Å². The number of carbonyl (C=O) groups is 2. The van der Waals surface area contributed by atoms with E-state index in [1.165, 1.54) is 12.1 Å². The first-order chi connectivity index (χ1) is 20.0. The Balaban J connectivity index is 1.36. The summed E-state index contributed by atoms with van der Waals surface area (Å²) >= 11 is 0. The van der Waals surface area contributed by atoms with Gasteiger partial charge in [0, 0.05) is 24.0 Å². The van der Waals surface area contributed by atoms with Crippen molar-refractivity contribution in [1.82, 2.24) is 24.8 Å². The molecule has 6 aromatic rings. The zero-order chi connectivity index (χ0) is 28.3. The van der Waals surface area contributed by atoms with Crippen molar-refractivity contribution in [3.8, 4) is 34.1 Å². The van der Waals surface area contributed by atoms with Crippen LogP contribution in [-0.4, -0.2) is 36.8 Å². The number of nitrogen functional groups attached to an aromatic ring is 1. The number of hydrogen-bond acceptors (Lipinski definition) is 7. The minimum atomic E-state index is -0.483. The summed E-state index contributed by atoms with van der Waals surface area (Å²) in [7, 11) is 0. The van der Waals surface area contributed by atoms with Crippen molar-refractivity contribution in [2.45, 2.75) is 6.54 Å². The fourth-order valence-electron chi connectivity index (χ4n) is 4.64. The van der Waals surface area contributed by atoms with Crippen LogP contribution in [0.3, 0.4) is 0 Å². The Morgan fingerprint density at radius 1 is 0.902 bits per heavy atom. The molecule has 4 N–H and O–H groups in total. The van der Waals surface area contributed by atoms with Gasteiger partial charge in [-0.2, -0.15) is 0 Å². The highest BCUT2D eigenvalue weighted by molar-refractivity contribution is 5.99. The molecule has 6 rings (SSSR count). The third-order valence-corrected chi connectivity index (χ3v) is 6.74. The average Bonchev–Trinajstić information content (AvgIpc) is 3.39. The number of fused-ring (bicyclic) bond motifs is 1. The van der Waals surface area contributed by atoms with Crippen LogP contribution < -0.4 is 11.1 Å². The molecule has 0 radical (unpaired) electrons. The first-order valence-corrected chi connectivity index (χ1v) is 12.8. The van der Waals surface area contributed by atoms with Crippen molar-refractivity contribution in [3.05, 3.63) is 120 Å². The van der Waals surface area contributed by atoms with Crippen LogP contribution in [0.25, 0.3) is 39.5 Å². The third kappa shape index (κ3) is 4.87. The number of aldehydes is 1. The molecule has 0 aliphatic rings. The Hall–Kier alpha value is -5.83. The van der Waals surface area contributed by atoms with Crippen LogP contribution >= 0.6 is 0 Å². The molecule has 0 unspecified atom stereocenters. The predicted octanol–water partition coefficient (Wildman–Crippen LogP) is 5.18. The lowest BCUT2D eigenvalue weighted by Gasteiger charge is -2.12. The van der Waals surface area contributed by atoms with E-state index >= 15 is 0 Å². The quantitative estimate of drug-likeness (QED) is 0.237. The maximum Gasteiger partial charge on any atom is 0.255 e. The standard InChI is InChI=1S/C32H24N6O3/c33-29-25(10-5-17-34-29)30-37-27-16-15-26(21-6-2-1-3-7-21)36-31(27)38(30)23-13-11-20(12-14-23)18-35-32(41)24-9-4-8-22(19-39)28(24)40/h1-17,19,40H,18H2,(H2,33,34)(H,35,41). The van der Waals surface area contributed by atoms with Crippen molar-refractivity contribution >= 4 is 29.2 Å². The van der Waals surface area contributed by atoms with E-state index in [1.807, 2.05) is 83.4 Å². The number of imidazole rings is 1. The summed E-state index contributed by atoms with van der Waals surface area (Å²) in [4.78, 5) is 37.9. The summed E-state index contributed by atoms with van der Waals surface area (Å²) in [6.45, 7) is 0.216. The fourth-order valence-corrected chi connectivity index (χ4v) is 4.64. The Morgan fingerprint density at radius 2 is 1.71 bits per heavy atom. The van der Waals surface area contributed by atoms with Crippen molar-refractivity contribution in [2.24, 2.45) is 0 Å². The van der Waals surface area contributed by atoms with E-state index in [4.69, 9.17) is 15.7 Å². The molecule has 0 fully saturated rings. The molecular formula is C32H24N6O3. The number of pyridine rings is 2. The number of nitrogens with two attached hydrogens (primary N) is 1. The number of phenolic OH excluding ortho intramolecular Hbond substituents is 1. The van der Waals surface area contributed by atoms with Gasteiger partial charge in [0.25, 0.3) is 5.91 Å². The van der Waals surface area contributed by atoms with E-state index in [0.29, 0.717) is 34.7 Å². The van der Waals surface area contributed by atoms with Gasteiger partial charge in [-0.25, -0.2) is 15.0 Å².